The molecule has 4 rings (SSSR count). The molecule has 4 aliphatic carbocycles. The molecule has 0 aromatic heterocycles. The second kappa shape index (κ2) is 8.00. The number of hydrogen-bond donors (Lipinski definition) is 1. The molecule has 1 N–H and O–H groups in total. The summed E-state index contributed by atoms with van der Waals surface area (Å²) < 4.78 is 4.84. The molecule has 3 nitrogen and oxygen atoms in total. The highest BCUT2D eigenvalue weighted by Gasteiger charge is 2.62. The molecule has 0 bridgehead atoms. The van der Waals surface area contributed by atoms with Crippen molar-refractivity contribution in [1.82, 2.24) is 0 Å². The number of rotatable bonds is 5. The van der Waals surface area contributed by atoms with Crippen LogP contribution in [0.4, 0.5) is 0 Å². The first-order valence-electron chi connectivity index (χ1n) is 13.1. The molecule has 180 valence electrons. The van der Waals surface area contributed by atoms with E-state index in [0.29, 0.717) is 24.2 Å². The normalized spacial score (nSPS) is 43.3. The highest BCUT2D eigenvalue weighted by Crippen LogP contribution is 2.71. The molecule has 3 heteroatoms. The van der Waals surface area contributed by atoms with Gasteiger partial charge in [-0.1, -0.05) is 53.7 Å². The van der Waals surface area contributed by atoms with Crippen molar-refractivity contribution in [2.24, 2.45) is 39.4 Å². The highest BCUT2D eigenvalue weighted by molar-refractivity contribution is 5.69. The van der Waals surface area contributed by atoms with Crippen LogP contribution in [-0.2, 0) is 9.53 Å². The highest BCUT2D eigenvalue weighted by atomic mass is 16.5. The van der Waals surface area contributed by atoms with E-state index in [1.54, 1.807) is 11.1 Å². The lowest BCUT2D eigenvalue weighted by molar-refractivity contribution is -0.140. The van der Waals surface area contributed by atoms with Crippen molar-refractivity contribution in [3.63, 3.8) is 0 Å². The van der Waals surface area contributed by atoms with Gasteiger partial charge >= 0.3 is 5.97 Å². The molecule has 0 amide bonds. The molecule has 0 aromatic carbocycles. The van der Waals surface area contributed by atoms with Gasteiger partial charge in [-0.25, -0.2) is 0 Å². The number of carbonyl (C=O) groups is 1. The lowest BCUT2D eigenvalue weighted by Gasteiger charge is -2.61. The van der Waals surface area contributed by atoms with Gasteiger partial charge in [0.1, 0.15) is 0 Å². The molecular weight excluding hydrogens is 396 g/mol. The molecule has 2 saturated carbocycles. The van der Waals surface area contributed by atoms with Gasteiger partial charge in [0.05, 0.1) is 13.2 Å². The average Bonchev–Trinajstić information content (AvgIpc) is 3.02. The summed E-state index contributed by atoms with van der Waals surface area (Å²) in [6.07, 6.45) is 14.4. The number of carbonyl (C=O) groups excluding carboxylic acids is 1. The lowest BCUT2D eigenvalue weighted by atomic mass is 9.44. The van der Waals surface area contributed by atoms with E-state index in [2.05, 4.69) is 53.7 Å². The zero-order chi connectivity index (χ0) is 23.5. The van der Waals surface area contributed by atoms with E-state index in [0.717, 1.165) is 38.5 Å². The summed E-state index contributed by atoms with van der Waals surface area (Å²) >= 11 is 0. The predicted octanol–water partition coefficient (Wildman–Crippen LogP) is 6.85. The summed E-state index contributed by atoms with van der Waals surface area (Å²) in [6.45, 7) is 14.6. The van der Waals surface area contributed by atoms with E-state index in [4.69, 9.17) is 4.74 Å². The summed E-state index contributed by atoms with van der Waals surface area (Å²) in [5.41, 5.74) is 3.91. The van der Waals surface area contributed by atoms with Gasteiger partial charge in [0.15, 0.2) is 0 Å². The van der Waals surface area contributed by atoms with Crippen LogP contribution in [0.2, 0.25) is 0 Å². The summed E-state index contributed by atoms with van der Waals surface area (Å²) in [7, 11) is 1.48. The van der Waals surface area contributed by atoms with Crippen molar-refractivity contribution >= 4 is 5.97 Å². The fourth-order valence-electron chi connectivity index (χ4n) is 8.82. The van der Waals surface area contributed by atoms with Crippen LogP contribution in [-0.4, -0.2) is 24.3 Å². The summed E-state index contributed by atoms with van der Waals surface area (Å²) in [5.74, 6) is 1.74. The van der Waals surface area contributed by atoms with E-state index >= 15 is 0 Å². The standard InChI is InChI=1S/C29H46O3/c1-19(9-8-10-25(31)32-7)20-13-17-29(6)22-11-12-23-26(2,3)24(30)15-16-27(23,4)21(22)14-18-28(20,29)5/h11,14,19-20,23-24,30H,8-10,12-13,15-18H2,1-7H3/t19-,20?,23?,24+,27-,28-,29+/m1/s1. The largest absolute Gasteiger partial charge is 0.469 e. The second-order valence-corrected chi connectivity index (χ2v) is 12.9. The van der Waals surface area contributed by atoms with Crippen LogP contribution in [0.15, 0.2) is 23.3 Å². The van der Waals surface area contributed by atoms with Gasteiger partial charge in [-0.15, -0.1) is 0 Å². The zero-order valence-corrected chi connectivity index (χ0v) is 21.6. The minimum atomic E-state index is -0.192. The maximum Gasteiger partial charge on any atom is 0.305 e. The topological polar surface area (TPSA) is 46.5 Å². The third kappa shape index (κ3) is 3.28. The Kier molecular flexibility index (Phi) is 6.01. The van der Waals surface area contributed by atoms with Crippen molar-refractivity contribution in [2.75, 3.05) is 7.11 Å². The fourth-order valence-corrected chi connectivity index (χ4v) is 8.82. The molecule has 2 unspecified atom stereocenters. The number of esters is 1. The van der Waals surface area contributed by atoms with E-state index in [9.17, 15) is 9.90 Å². The Morgan fingerprint density at radius 3 is 2.53 bits per heavy atom. The predicted molar refractivity (Wildman–Crippen MR) is 130 cm³/mol. The van der Waals surface area contributed by atoms with Crippen LogP contribution in [0.5, 0.6) is 0 Å². The molecule has 32 heavy (non-hydrogen) atoms. The lowest BCUT2D eigenvalue weighted by Crippen LogP contribution is -2.54. The first-order valence-corrected chi connectivity index (χ1v) is 13.1. The number of ether oxygens (including phenoxy) is 1. The Morgan fingerprint density at radius 2 is 1.84 bits per heavy atom. The second-order valence-electron chi connectivity index (χ2n) is 12.9. The smallest absolute Gasteiger partial charge is 0.305 e. The molecule has 0 radical (unpaired) electrons. The summed E-state index contributed by atoms with van der Waals surface area (Å²) in [5, 5.41) is 10.8. The minimum absolute atomic E-state index is 0.0378. The van der Waals surface area contributed by atoms with E-state index in [1.807, 2.05) is 0 Å². The molecule has 0 aliphatic heterocycles. The van der Waals surface area contributed by atoms with Crippen LogP contribution >= 0.6 is 0 Å². The van der Waals surface area contributed by atoms with Gasteiger partial charge in [0.2, 0.25) is 0 Å². The van der Waals surface area contributed by atoms with Gasteiger partial charge in [-0.2, -0.15) is 0 Å². The molecule has 2 fully saturated rings. The Balaban J connectivity index is 1.61. The molecule has 0 heterocycles. The van der Waals surface area contributed by atoms with Gasteiger partial charge < -0.3 is 9.84 Å². The summed E-state index contributed by atoms with van der Waals surface area (Å²) in [4.78, 5) is 11.6. The number of methoxy groups -OCH3 is 1. The average molecular weight is 443 g/mol. The Labute approximate surface area is 196 Å². The fraction of sp³-hybridized carbons (Fsp3) is 0.828. The van der Waals surface area contributed by atoms with E-state index < -0.39 is 0 Å². The minimum Gasteiger partial charge on any atom is -0.469 e. The molecule has 7 atom stereocenters. The van der Waals surface area contributed by atoms with Crippen molar-refractivity contribution < 1.29 is 14.6 Å². The van der Waals surface area contributed by atoms with Gasteiger partial charge in [0, 0.05) is 6.42 Å². The van der Waals surface area contributed by atoms with Crippen molar-refractivity contribution in [1.29, 1.82) is 0 Å². The van der Waals surface area contributed by atoms with Gasteiger partial charge in [-0.05, 0) is 102 Å². The number of hydrogen-bond acceptors (Lipinski definition) is 3. The Bertz CT molecular complexity index is 822. The third-order valence-corrected chi connectivity index (χ3v) is 11.2. The van der Waals surface area contributed by atoms with Crippen LogP contribution in [0, 0.1) is 39.4 Å². The van der Waals surface area contributed by atoms with Gasteiger partial charge in [-0.3, -0.25) is 4.79 Å². The number of aliphatic hydroxyl groups is 1. The van der Waals surface area contributed by atoms with Crippen molar-refractivity contribution in [3.05, 3.63) is 23.3 Å². The Hall–Kier alpha value is -1.09. The molecule has 4 aliphatic rings. The first kappa shape index (κ1) is 24.0. The van der Waals surface area contributed by atoms with Crippen LogP contribution in [0.25, 0.3) is 0 Å². The van der Waals surface area contributed by atoms with Crippen molar-refractivity contribution in [2.45, 2.75) is 105 Å². The van der Waals surface area contributed by atoms with Gasteiger partial charge in [0.25, 0.3) is 0 Å². The van der Waals surface area contributed by atoms with E-state index in [-0.39, 0.29) is 33.7 Å². The van der Waals surface area contributed by atoms with E-state index in [1.165, 1.54) is 20.0 Å². The third-order valence-electron chi connectivity index (χ3n) is 11.2. The maximum absolute atomic E-state index is 11.6. The maximum atomic E-state index is 11.6. The van der Waals surface area contributed by atoms with Crippen molar-refractivity contribution in [3.8, 4) is 0 Å². The molecular formula is C29H46O3. The molecule has 0 saturated heterocycles. The SMILES string of the molecule is COC(=O)CCC[C@@H](C)C1CC[C@@]2(C)C3=CCC4C(C)(C)[C@@H](O)CC[C@]4(C)C3=CC[C@]12C. The monoisotopic (exact) mass is 442 g/mol. The molecule has 0 aromatic rings. The number of fused-ring (bicyclic) bond motifs is 5. The van der Waals surface area contributed by atoms with Crippen LogP contribution in [0.3, 0.4) is 0 Å². The Morgan fingerprint density at radius 1 is 1.12 bits per heavy atom. The molecule has 0 spiro atoms. The number of aliphatic hydroxyl groups excluding tert-OH is 1. The number of allylic oxidation sites excluding steroid dienone is 4. The quantitative estimate of drug-likeness (QED) is 0.473. The van der Waals surface area contributed by atoms with Crippen LogP contribution < -0.4 is 0 Å². The first-order chi connectivity index (χ1) is 14.9. The summed E-state index contributed by atoms with van der Waals surface area (Å²) in [6, 6.07) is 0. The van der Waals surface area contributed by atoms with Crippen LogP contribution in [0.1, 0.15) is 99.3 Å². The zero-order valence-electron chi connectivity index (χ0n) is 21.6.